The highest BCUT2D eigenvalue weighted by Gasteiger charge is 2.23. The fourth-order valence-electron chi connectivity index (χ4n) is 0.685. The molecule has 0 aliphatic heterocycles. The van der Waals surface area contributed by atoms with Gasteiger partial charge >= 0.3 is 6.16 Å². The minimum absolute atomic E-state index is 0.0469. The molecule has 5 heteroatoms. The SMILES string of the molecule is C=CCP(=O)(CC=C)OC(=O)O. The van der Waals surface area contributed by atoms with Gasteiger partial charge in [-0.05, 0) is 0 Å². The Kier molecular flexibility index (Phi) is 4.37. The molecule has 4 nitrogen and oxygen atoms in total. The Morgan fingerprint density at radius 1 is 1.42 bits per heavy atom. The maximum atomic E-state index is 11.5. The molecule has 0 aromatic heterocycles. The molecule has 0 fully saturated rings. The van der Waals surface area contributed by atoms with Crippen LogP contribution in [-0.2, 0) is 9.09 Å². The fraction of sp³-hybridized carbons (Fsp3) is 0.286. The van der Waals surface area contributed by atoms with Gasteiger partial charge in [-0.3, -0.25) is 4.57 Å². The van der Waals surface area contributed by atoms with Gasteiger partial charge in [0.2, 0.25) is 0 Å². The van der Waals surface area contributed by atoms with Crippen LogP contribution in [0.2, 0.25) is 0 Å². The summed E-state index contributed by atoms with van der Waals surface area (Å²) >= 11 is 0. The van der Waals surface area contributed by atoms with Gasteiger partial charge in [-0.2, -0.15) is 0 Å². The predicted octanol–water partition coefficient (Wildman–Crippen LogP) is 2.33. The van der Waals surface area contributed by atoms with E-state index in [0.29, 0.717) is 0 Å². The summed E-state index contributed by atoms with van der Waals surface area (Å²) in [5, 5.41) is 8.24. The molecular formula is C7H11O4P. The van der Waals surface area contributed by atoms with Crippen LogP contribution in [0.25, 0.3) is 0 Å². The van der Waals surface area contributed by atoms with Crippen LogP contribution < -0.4 is 0 Å². The zero-order valence-electron chi connectivity index (χ0n) is 6.60. The molecule has 0 saturated carbocycles. The molecule has 0 amide bonds. The first-order chi connectivity index (χ1) is 5.54. The summed E-state index contributed by atoms with van der Waals surface area (Å²) in [6, 6.07) is 0. The van der Waals surface area contributed by atoms with Gasteiger partial charge in [-0.1, -0.05) is 12.2 Å². The van der Waals surface area contributed by atoms with Gasteiger partial charge in [0, 0.05) is 0 Å². The standard InChI is InChI=1S/C7H11O4P/c1-3-5-12(10,6-4-2)11-7(8)9/h3-4H,1-2,5-6H2,(H,8,9). The van der Waals surface area contributed by atoms with Crippen molar-refractivity contribution in [2.75, 3.05) is 12.3 Å². The maximum Gasteiger partial charge on any atom is 0.510 e. The van der Waals surface area contributed by atoms with Crippen LogP contribution in [0.1, 0.15) is 0 Å². The van der Waals surface area contributed by atoms with E-state index in [0.717, 1.165) is 0 Å². The second-order valence-electron chi connectivity index (χ2n) is 2.11. The van der Waals surface area contributed by atoms with Gasteiger partial charge in [0.05, 0.1) is 12.3 Å². The normalized spacial score (nSPS) is 10.3. The highest BCUT2D eigenvalue weighted by molar-refractivity contribution is 7.59. The van der Waals surface area contributed by atoms with Crippen LogP contribution in [0.5, 0.6) is 0 Å². The molecule has 0 atom stereocenters. The Bertz CT molecular complexity index is 220. The average Bonchev–Trinajstić information content (AvgIpc) is 1.85. The molecule has 12 heavy (non-hydrogen) atoms. The van der Waals surface area contributed by atoms with Crippen LogP contribution in [0, 0.1) is 0 Å². The molecule has 68 valence electrons. The molecule has 0 unspecified atom stereocenters. The van der Waals surface area contributed by atoms with E-state index < -0.39 is 13.5 Å². The third-order valence-electron chi connectivity index (χ3n) is 1.06. The lowest BCUT2D eigenvalue weighted by atomic mass is 10.8. The van der Waals surface area contributed by atoms with E-state index in [4.69, 9.17) is 5.11 Å². The summed E-state index contributed by atoms with van der Waals surface area (Å²) in [5.74, 6) is 0. The Hall–Kier alpha value is -1.02. The summed E-state index contributed by atoms with van der Waals surface area (Å²) < 4.78 is 15.7. The maximum absolute atomic E-state index is 11.5. The van der Waals surface area contributed by atoms with Crippen molar-refractivity contribution in [2.24, 2.45) is 0 Å². The Morgan fingerprint density at radius 2 is 1.83 bits per heavy atom. The van der Waals surface area contributed by atoms with E-state index in [1.165, 1.54) is 12.2 Å². The van der Waals surface area contributed by atoms with Crippen molar-refractivity contribution >= 4 is 13.5 Å². The minimum Gasteiger partial charge on any atom is -0.450 e. The molecule has 0 aliphatic carbocycles. The van der Waals surface area contributed by atoms with E-state index >= 15 is 0 Å². The molecule has 0 rings (SSSR count). The number of hydrogen-bond acceptors (Lipinski definition) is 3. The molecule has 0 saturated heterocycles. The fourth-order valence-corrected chi connectivity index (χ4v) is 2.05. The highest BCUT2D eigenvalue weighted by atomic mass is 31.2. The number of rotatable bonds is 5. The molecule has 0 bridgehead atoms. The highest BCUT2D eigenvalue weighted by Crippen LogP contribution is 2.46. The Labute approximate surface area is 71.0 Å². The molecule has 1 N–H and O–H groups in total. The van der Waals surface area contributed by atoms with Crippen LogP contribution >= 0.6 is 7.37 Å². The van der Waals surface area contributed by atoms with Gasteiger partial charge in [0.15, 0.2) is 0 Å². The first kappa shape index (κ1) is 11.0. The topological polar surface area (TPSA) is 63.6 Å². The first-order valence-corrected chi connectivity index (χ1v) is 5.26. The van der Waals surface area contributed by atoms with Crippen molar-refractivity contribution in [3.63, 3.8) is 0 Å². The predicted molar refractivity (Wildman–Crippen MR) is 46.8 cm³/mol. The monoisotopic (exact) mass is 190 g/mol. The van der Waals surface area contributed by atoms with Crippen molar-refractivity contribution in [3.05, 3.63) is 25.3 Å². The number of carboxylic acid groups (broad SMARTS) is 1. The summed E-state index contributed by atoms with van der Waals surface area (Å²) in [4.78, 5) is 10.1. The van der Waals surface area contributed by atoms with Gasteiger partial charge in [0.25, 0.3) is 7.37 Å². The molecule has 0 aromatic rings. The quantitative estimate of drug-likeness (QED) is 0.533. The van der Waals surface area contributed by atoms with E-state index in [1.807, 2.05) is 0 Å². The smallest absolute Gasteiger partial charge is 0.450 e. The molecule has 0 aliphatic rings. The van der Waals surface area contributed by atoms with Crippen LogP contribution in [0.3, 0.4) is 0 Å². The van der Waals surface area contributed by atoms with E-state index in [2.05, 4.69) is 17.7 Å². The van der Waals surface area contributed by atoms with Crippen molar-refractivity contribution < 1.29 is 19.0 Å². The summed E-state index contributed by atoms with van der Waals surface area (Å²) in [5.41, 5.74) is 0. The zero-order valence-corrected chi connectivity index (χ0v) is 7.50. The lowest BCUT2D eigenvalue weighted by Gasteiger charge is -2.11. The Morgan fingerprint density at radius 3 is 2.08 bits per heavy atom. The molecule has 0 heterocycles. The molecule has 0 spiro atoms. The number of hydrogen-bond donors (Lipinski definition) is 1. The van der Waals surface area contributed by atoms with Crippen molar-refractivity contribution in [3.8, 4) is 0 Å². The summed E-state index contributed by atoms with van der Waals surface area (Å²) in [7, 11) is -3.11. The van der Waals surface area contributed by atoms with Gasteiger partial charge < -0.3 is 9.63 Å². The van der Waals surface area contributed by atoms with Crippen molar-refractivity contribution in [1.82, 2.24) is 0 Å². The lowest BCUT2D eigenvalue weighted by molar-refractivity contribution is 0.146. The largest absolute Gasteiger partial charge is 0.510 e. The summed E-state index contributed by atoms with van der Waals surface area (Å²) in [6.45, 7) is 6.71. The van der Waals surface area contributed by atoms with Crippen LogP contribution in [0.15, 0.2) is 25.3 Å². The number of carbonyl (C=O) groups is 1. The van der Waals surface area contributed by atoms with Crippen molar-refractivity contribution in [1.29, 1.82) is 0 Å². The van der Waals surface area contributed by atoms with E-state index in [9.17, 15) is 9.36 Å². The molecule has 0 aromatic carbocycles. The minimum atomic E-state index is -3.11. The van der Waals surface area contributed by atoms with Gasteiger partial charge in [-0.15, -0.1) is 13.2 Å². The molecular weight excluding hydrogens is 179 g/mol. The number of allylic oxidation sites excluding steroid dienone is 2. The van der Waals surface area contributed by atoms with Gasteiger partial charge in [-0.25, -0.2) is 4.79 Å². The molecule has 0 radical (unpaired) electrons. The third-order valence-corrected chi connectivity index (χ3v) is 3.18. The lowest BCUT2D eigenvalue weighted by Crippen LogP contribution is -2.02. The van der Waals surface area contributed by atoms with E-state index in [-0.39, 0.29) is 12.3 Å². The van der Waals surface area contributed by atoms with Gasteiger partial charge in [0.1, 0.15) is 0 Å². The second-order valence-corrected chi connectivity index (χ2v) is 4.66. The van der Waals surface area contributed by atoms with Crippen LogP contribution in [-0.4, -0.2) is 23.6 Å². The second kappa shape index (κ2) is 4.78. The van der Waals surface area contributed by atoms with Crippen molar-refractivity contribution in [2.45, 2.75) is 0 Å². The Balaban J connectivity index is 4.37. The van der Waals surface area contributed by atoms with Crippen LogP contribution in [0.4, 0.5) is 4.79 Å². The average molecular weight is 190 g/mol. The first-order valence-electron chi connectivity index (χ1n) is 3.26. The summed E-state index contributed by atoms with van der Waals surface area (Å²) in [6.07, 6.45) is 1.30. The third kappa shape index (κ3) is 3.98. The zero-order chi connectivity index (χ0) is 9.61. The van der Waals surface area contributed by atoms with E-state index in [1.54, 1.807) is 0 Å².